The predicted molar refractivity (Wildman–Crippen MR) is 109 cm³/mol. The average Bonchev–Trinajstić information content (AvgIpc) is 3.02. The number of primary sulfonamides is 1. The maximum Gasteiger partial charge on any atom is 0.342 e. The van der Waals surface area contributed by atoms with E-state index in [-0.39, 0.29) is 27.0 Å². The van der Waals surface area contributed by atoms with Gasteiger partial charge in [0.1, 0.15) is 11.3 Å². The molecule has 164 valence electrons. The van der Waals surface area contributed by atoms with Crippen LogP contribution in [0.1, 0.15) is 50.4 Å². The van der Waals surface area contributed by atoms with Gasteiger partial charge in [0.15, 0.2) is 6.61 Å². The largest absolute Gasteiger partial charge is 0.496 e. The van der Waals surface area contributed by atoms with Crippen molar-refractivity contribution in [1.29, 1.82) is 0 Å². The maximum atomic E-state index is 12.4. The van der Waals surface area contributed by atoms with Crippen LogP contribution >= 0.6 is 0 Å². The number of hydrogen-bond acceptors (Lipinski definition) is 7. The van der Waals surface area contributed by atoms with E-state index in [4.69, 9.17) is 14.6 Å². The molecule has 3 N–H and O–H groups in total. The highest BCUT2D eigenvalue weighted by Crippen LogP contribution is 2.63. The van der Waals surface area contributed by atoms with Crippen LogP contribution in [0.5, 0.6) is 5.75 Å². The number of methoxy groups -OCH3 is 1. The molecule has 9 nitrogen and oxygen atoms in total. The second-order valence-electron chi connectivity index (χ2n) is 8.57. The van der Waals surface area contributed by atoms with Crippen molar-refractivity contribution in [3.8, 4) is 5.75 Å². The van der Waals surface area contributed by atoms with Crippen LogP contribution in [0.3, 0.4) is 0 Å². The van der Waals surface area contributed by atoms with Gasteiger partial charge in [-0.2, -0.15) is 5.10 Å². The summed E-state index contributed by atoms with van der Waals surface area (Å²) in [6.07, 6.45) is 3.04. The van der Waals surface area contributed by atoms with Crippen molar-refractivity contribution in [2.45, 2.75) is 44.9 Å². The van der Waals surface area contributed by atoms with Crippen LogP contribution in [-0.4, -0.2) is 39.7 Å². The number of sulfonamides is 1. The Morgan fingerprint density at radius 2 is 2.00 bits per heavy atom. The van der Waals surface area contributed by atoms with E-state index in [1.54, 1.807) is 0 Å². The number of fused-ring (bicyclic) bond motifs is 2. The van der Waals surface area contributed by atoms with Crippen LogP contribution in [0, 0.1) is 16.7 Å². The van der Waals surface area contributed by atoms with Crippen LogP contribution in [0.4, 0.5) is 0 Å². The average molecular weight is 438 g/mol. The summed E-state index contributed by atoms with van der Waals surface area (Å²) in [4.78, 5) is 24.2. The van der Waals surface area contributed by atoms with E-state index in [2.05, 4.69) is 31.3 Å². The third kappa shape index (κ3) is 3.81. The Bertz CT molecular complexity index is 1020. The van der Waals surface area contributed by atoms with Gasteiger partial charge in [-0.15, -0.1) is 0 Å². The van der Waals surface area contributed by atoms with Gasteiger partial charge >= 0.3 is 5.97 Å². The number of benzene rings is 1. The minimum atomic E-state index is -4.01. The van der Waals surface area contributed by atoms with Gasteiger partial charge in [0.2, 0.25) is 10.0 Å². The Labute approximate surface area is 176 Å². The number of hydrazone groups is 1. The Hall–Kier alpha value is -2.46. The van der Waals surface area contributed by atoms with Crippen LogP contribution in [-0.2, 0) is 19.6 Å². The van der Waals surface area contributed by atoms with Crippen molar-refractivity contribution in [3.05, 3.63) is 23.8 Å². The molecule has 2 unspecified atom stereocenters. The molecule has 0 saturated heterocycles. The van der Waals surface area contributed by atoms with Gasteiger partial charge in [-0.25, -0.2) is 23.8 Å². The summed E-state index contributed by atoms with van der Waals surface area (Å²) >= 11 is 0. The lowest BCUT2D eigenvalue weighted by atomic mass is 9.70. The summed E-state index contributed by atoms with van der Waals surface area (Å²) < 4.78 is 33.1. The van der Waals surface area contributed by atoms with Crippen LogP contribution in [0.2, 0.25) is 0 Å². The van der Waals surface area contributed by atoms with Crippen LogP contribution < -0.4 is 15.3 Å². The first-order valence-corrected chi connectivity index (χ1v) is 11.2. The second-order valence-corrected chi connectivity index (χ2v) is 10.1. The molecule has 0 radical (unpaired) electrons. The monoisotopic (exact) mass is 437 g/mol. The summed E-state index contributed by atoms with van der Waals surface area (Å²) in [5, 5.41) is 9.40. The van der Waals surface area contributed by atoms with Crippen molar-refractivity contribution in [2.24, 2.45) is 27.0 Å². The van der Waals surface area contributed by atoms with Gasteiger partial charge in [-0.1, -0.05) is 20.8 Å². The number of esters is 1. The number of ether oxygens (including phenoxy) is 2. The van der Waals surface area contributed by atoms with Crippen molar-refractivity contribution < 1.29 is 27.5 Å². The fourth-order valence-corrected chi connectivity index (χ4v) is 5.03. The molecule has 1 aromatic carbocycles. The molecule has 2 fully saturated rings. The Kier molecular flexibility index (Phi) is 5.68. The van der Waals surface area contributed by atoms with Gasteiger partial charge < -0.3 is 9.47 Å². The quantitative estimate of drug-likeness (QED) is 0.514. The van der Waals surface area contributed by atoms with Crippen molar-refractivity contribution in [3.63, 3.8) is 0 Å². The number of nitrogens with one attached hydrogen (secondary N) is 1. The standard InChI is InChI=1S/C20H27N3O6S/c1-19(2)12-7-8-20(19,3)16(9-12)22-23-17(24)11-29-18(25)14-10-13(30(21,26)27)5-6-15(14)28-4/h5-6,10,12H,7-9,11H2,1-4H3,(H,23,24)(H2,21,26,27)/b22-16+. The molecule has 2 bridgehead atoms. The zero-order valence-electron chi connectivity index (χ0n) is 17.5. The minimum Gasteiger partial charge on any atom is -0.496 e. The molecular weight excluding hydrogens is 410 g/mol. The number of rotatable bonds is 6. The Morgan fingerprint density at radius 1 is 1.30 bits per heavy atom. The maximum absolute atomic E-state index is 12.4. The highest BCUT2D eigenvalue weighted by molar-refractivity contribution is 7.89. The molecule has 2 atom stereocenters. The number of amides is 1. The highest BCUT2D eigenvalue weighted by atomic mass is 32.2. The number of carbonyl (C=O) groups excluding carboxylic acids is 2. The fourth-order valence-electron chi connectivity index (χ4n) is 4.49. The van der Waals surface area contributed by atoms with Gasteiger partial charge in [0.05, 0.1) is 12.0 Å². The van der Waals surface area contributed by atoms with Crippen LogP contribution in [0.15, 0.2) is 28.2 Å². The van der Waals surface area contributed by atoms with E-state index < -0.39 is 28.5 Å². The topological polar surface area (TPSA) is 137 Å². The van der Waals surface area contributed by atoms with E-state index in [1.165, 1.54) is 19.2 Å². The zero-order valence-corrected chi connectivity index (χ0v) is 18.3. The first kappa shape index (κ1) is 22.2. The van der Waals surface area contributed by atoms with Crippen molar-refractivity contribution in [2.75, 3.05) is 13.7 Å². The third-order valence-corrected chi connectivity index (χ3v) is 7.79. The number of hydrogen-bond donors (Lipinski definition) is 2. The van der Waals surface area contributed by atoms with Gasteiger partial charge in [0.25, 0.3) is 5.91 Å². The molecule has 0 aromatic heterocycles. The highest BCUT2D eigenvalue weighted by Gasteiger charge is 2.60. The second kappa shape index (κ2) is 7.66. The summed E-state index contributed by atoms with van der Waals surface area (Å²) in [7, 11) is -2.69. The Morgan fingerprint density at radius 3 is 2.53 bits per heavy atom. The molecule has 2 aliphatic carbocycles. The lowest BCUT2D eigenvalue weighted by molar-refractivity contribution is -0.124. The molecular formula is C20H27N3O6S. The zero-order chi connectivity index (χ0) is 22.3. The van der Waals surface area contributed by atoms with Gasteiger partial charge in [0, 0.05) is 11.1 Å². The summed E-state index contributed by atoms with van der Waals surface area (Å²) in [5.74, 6) is -0.838. The van der Waals surface area contributed by atoms with E-state index in [0.29, 0.717) is 5.92 Å². The molecule has 0 heterocycles. The SMILES string of the molecule is COc1ccc(S(N)(=O)=O)cc1C(=O)OCC(=O)N/N=C1\CC2CCC1(C)C2(C)C. The van der Waals surface area contributed by atoms with E-state index in [0.717, 1.165) is 31.0 Å². The number of carbonyl (C=O) groups is 2. The summed E-state index contributed by atoms with van der Waals surface area (Å²) in [6.45, 7) is 6.08. The van der Waals surface area contributed by atoms with Crippen LogP contribution in [0.25, 0.3) is 0 Å². The van der Waals surface area contributed by atoms with E-state index in [1.807, 2.05) is 0 Å². The number of nitrogens with zero attached hydrogens (tertiary/aromatic N) is 1. The summed E-state index contributed by atoms with van der Waals surface area (Å²) in [5.41, 5.74) is 3.36. The Balaban J connectivity index is 1.64. The molecule has 2 saturated carbocycles. The van der Waals surface area contributed by atoms with Crippen molar-refractivity contribution >= 4 is 27.6 Å². The minimum absolute atomic E-state index is 0.0524. The first-order chi connectivity index (χ1) is 13.9. The smallest absolute Gasteiger partial charge is 0.342 e. The van der Waals surface area contributed by atoms with Gasteiger partial charge in [-0.05, 0) is 48.8 Å². The van der Waals surface area contributed by atoms with Crippen molar-refractivity contribution in [1.82, 2.24) is 5.43 Å². The molecule has 30 heavy (non-hydrogen) atoms. The lowest BCUT2D eigenvalue weighted by Gasteiger charge is -2.34. The molecule has 1 amide bonds. The van der Waals surface area contributed by atoms with E-state index >= 15 is 0 Å². The van der Waals surface area contributed by atoms with E-state index in [9.17, 15) is 18.0 Å². The molecule has 3 rings (SSSR count). The molecule has 0 aliphatic heterocycles. The normalized spacial score (nSPS) is 25.9. The summed E-state index contributed by atoms with van der Waals surface area (Å²) in [6, 6.07) is 3.55. The first-order valence-electron chi connectivity index (χ1n) is 9.64. The predicted octanol–water partition coefficient (Wildman–Crippen LogP) is 1.82. The molecule has 2 aliphatic rings. The molecule has 1 aromatic rings. The molecule has 10 heteroatoms. The number of nitrogens with two attached hydrogens (primary N) is 1. The van der Waals surface area contributed by atoms with Gasteiger partial charge in [-0.3, -0.25) is 4.79 Å². The lowest BCUT2D eigenvalue weighted by Crippen LogP contribution is -2.35. The fraction of sp³-hybridized carbons (Fsp3) is 0.550. The molecule has 0 spiro atoms. The third-order valence-electron chi connectivity index (χ3n) is 6.88.